The first kappa shape index (κ1) is 8.94. The smallest absolute Gasteiger partial charge is 0.165 e. The van der Waals surface area contributed by atoms with Crippen LogP contribution in [0.2, 0.25) is 0 Å². The van der Waals surface area contributed by atoms with Gasteiger partial charge in [-0.1, -0.05) is 30.3 Å². The largest absolute Gasteiger partial charge is 0.386 e. The molecule has 1 aromatic rings. The normalized spacial score (nSPS) is 12.5. The Morgan fingerprint density at radius 1 is 1.42 bits per heavy atom. The number of hydrogen-bond acceptors (Lipinski definition) is 2. The molecule has 1 unspecified atom stereocenters. The van der Waals surface area contributed by atoms with Crippen molar-refractivity contribution in [1.29, 1.82) is 0 Å². The molecule has 0 aliphatic heterocycles. The Balaban J connectivity index is 2.59. The van der Waals surface area contributed by atoms with Gasteiger partial charge in [-0.05, 0) is 12.5 Å². The maximum Gasteiger partial charge on any atom is 0.165 e. The lowest BCUT2D eigenvalue weighted by atomic mass is 10.1. The molecular formula is C10H12O2. The van der Waals surface area contributed by atoms with E-state index in [0.29, 0.717) is 6.42 Å². The average molecular weight is 164 g/mol. The molecule has 0 aromatic heterocycles. The standard InChI is InChI=1S/C10H12O2/c1-8(11)10(12)7-9-5-3-2-4-6-9/h2-6,8,11H,7H2,1H3. The summed E-state index contributed by atoms with van der Waals surface area (Å²) in [5.74, 6) is -0.138. The van der Waals surface area contributed by atoms with Crippen LogP contribution in [-0.2, 0) is 11.2 Å². The van der Waals surface area contributed by atoms with Gasteiger partial charge < -0.3 is 5.11 Å². The summed E-state index contributed by atoms with van der Waals surface area (Å²) in [6, 6.07) is 9.41. The van der Waals surface area contributed by atoms with Gasteiger partial charge in [0.1, 0.15) is 6.10 Å². The third-order valence-corrected chi connectivity index (χ3v) is 1.69. The van der Waals surface area contributed by atoms with Gasteiger partial charge in [-0.2, -0.15) is 0 Å². The monoisotopic (exact) mass is 164 g/mol. The van der Waals surface area contributed by atoms with E-state index < -0.39 is 6.10 Å². The summed E-state index contributed by atoms with van der Waals surface area (Å²) in [4.78, 5) is 11.1. The molecule has 1 N–H and O–H groups in total. The minimum Gasteiger partial charge on any atom is -0.386 e. The van der Waals surface area contributed by atoms with E-state index in [-0.39, 0.29) is 5.78 Å². The number of aliphatic hydroxyl groups is 1. The van der Waals surface area contributed by atoms with Gasteiger partial charge in [0.15, 0.2) is 5.78 Å². The number of carbonyl (C=O) groups is 1. The Bertz CT molecular complexity index is 252. The van der Waals surface area contributed by atoms with E-state index in [9.17, 15) is 4.79 Å². The molecule has 0 aliphatic carbocycles. The van der Waals surface area contributed by atoms with Gasteiger partial charge in [-0.15, -0.1) is 0 Å². The van der Waals surface area contributed by atoms with Crippen molar-refractivity contribution in [3.05, 3.63) is 35.9 Å². The van der Waals surface area contributed by atoms with Crippen LogP contribution in [0.3, 0.4) is 0 Å². The van der Waals surface area contributed by atoms with Crippen molar-refractivity contribution in [3.63, 3.8) is 0 Å². The molecule has 1 aromatic carbocycles. The molecule has 0 saturated carbocycles. The van der Waals surface area contributed by atoms with Gasteiger partial charge in [-0.25, -0.2) is 0 Å². The molecule has 0 spiro atoms. The Morgan fingerprint density at radius 3 is 2.50 bits per heavy atom. The topological polar surface area (TPSA) is 37.3 Å². The predicted octanol–water partition coefficient (Wildman–Crippen LogP) is 1.18. The minimum atomic E-state index is -0.856. The number of benzene rings is 1. The van der Waals surface area contributed by atoms with Gasteiger partial charge in [0.05, 0.1) is 0 Å². The second-order valence-corrected chi connectivity index (χ2v) is 2.80. The van der Waals surface area contributed by atoms with Crippen LogP contribution in [0, 0.1) is 0 Å². The molecule has 0 bridgehead atoms. The summed E-state index contributed by atoms with van der Waals surface area (Å²) in [6.07, 6.45) is -0.538. The first-order chi connectivity index (χ1) is 5.70. The average Bonchev–Trinajstić information content (AvgIpc) is 2.06. The molecule has 0 amide bonds. The van der Waals surface area contributed by atoms with Crippen molar-refractivity contribution in [3.8, 4) is 0 Å². The number of hydrogen-bond donors (Lipinski definition) is 1. The van der Waals surface area contributed by atoms with Crippen LogP contribution >= 0.6 is 0 Å². The number of rotatable bonds is 3. The van der Waals surface area contributed by atoms with E-state index in [0.717, 1.165) is 5.56 Å². The molecule has 0 aliphatic rings. The van der Waals surface area contributed by atoms with Crippen molar-refractivity contribution >= 4 is 5.78 Å². The molecule has 64 valence electrons. The molecule has 1 atom stereocenters. The highest BCUT2D eigenvalue weighted by Gasteiger charge is 2.08. The number of carbonyl (C=O) groups excluding carboxylic acids is 1. The molecule has 12 heavy (non-hydrogen) atoms. The Hall–Kier alpha value is -1.15. The first-order valence-corrected chi connectivity index (χ1v) is 3.95. The van der Waals surface area contributed by atoms with Crippen molar-refractivity contribution in [2.24, 2.45) is 0 Å². The second-order valence-electron chi connectivity index (χ2n) is 2.80. The maximum absolute atomic E-state index is 11.1. The van der Waals surface area contributed by atoms with Gasteiger partial charge >= 0.3 is 0 Å². The van der Waals surface area contributed by atoms with Crippen LogP contribution in [0.5, 0.6) is 0 Å². The van der Waals surface area contributed by atoms with Gasteiger partial charge in [-0.3, -0.25) is 4.79 Å². The Kier molecular flexibility index (Phi) is 3.00. The lowest BCUT2D eigenvalue weighted by Crippen LogP contribution is -2.18. The van der Waals surface area contributed by atoms with E-state index in [1.54, 1.807) is 0 Å². The third kappa shape index (κ3) is 2.47. The third-order valence-electron chi connectivity index (χ3n) is 1.69. The fourth-order valence-electron chi connectivity index (χ4n) is 0.945. The van der Waals surface area contributed by atoms with E-state index in [1.165, 1.54) is 6.92 Å². The van der Waals surface area contributed by atoms with Gasteiger partial charge in [0.25, 0.3) is 0 Å². The summed E-state index contributed by atoms with van der Waals surface area (Å²) in [5.41, 5.74) is 0.948. The van der Waals surface area contributed by atoms with Crippen LogP contribution < -0.4 is 0 Å². The van der Waals surface area contributed by atoms with Crippen LogP contribution in [0.1, 0.15) is 12.5 Å². The highest BCUT2D eigenvalue weighted by Crippen LogP contribution is 2.01. The predicted molar refractivity (Wildman–Crippen MR) is 46.8 cm³/mol. The van der Waals surface area contributed by atoms with E-state index in [4.69, 9.17) is 5.11 Å². The Labute approximate surface area is 71.8 Å². The van der Waals surface area contributed by atoms with Crippen molar-refractivity contribution in [2.75, 3.05) is 0 Å². The quantitative estimate of drug-likeness (QED) is 0.728. The van der Waals surface area contributed by atoms with E-state index in [1.807, 2.05) is 30.3 Å². The van der Waals surface area contributed by atoms with Crippen LogP contribution in [-0.4, -0.2) is 17.0 Å². The summed E-state index contributed by atoms with van der Waals surface area (Å²) < 4.78 is 0. The fourth-order valence-corrected chi connectivity index (χ4v) is 0.945. The van der Waals surface area contributed by atoms with Crippen LogP contribution in [0.15, 0.2) is 30.3 Å². The summed E-state index contributed by atoms with van der Waals surface area (Å²) in [6.45, 7) is 1.49. The van der Waals surface area contributed by atoms with Gasteiger partial charge in [0, 0.05) is 6.42 Å². The molecular weight excluding hydrogens is 152 g/mol. The van der Waals surface area contributed by atoms with E-state index >= 15 is 0 Å². The summed E-state index contributed by atoms with van der Waals surface area (Å²) in [5, 5.41) is 8.93. The first-order valence-electron chi connectivity index (χ1n) is 3.95. The van der Waals surface area contributed by atoms with Crippen LogP contribution in [0.4, 0.5) is 0 Å². The van der Waals surface area contributed by atoms with E-state index in [2.05, 4.69) is 0 Å². The van der Waals surface area contributed by atoms with Crippen molar-refractivity contribution < 1.29 is 9.90 Å². The van der Waals surface area contributed by atoms with Crippen LogP contribution in [0.25, 0.3) is 0 Å². The zero-order valence-corrected chi connectivity index (χ0v) is 7.03. The molecule has 0 saturated heterocycles. The highest BCUT2D eigenvalue weighted by molar-refractivity contribution is 5.84. The molecule has 2 heteroatoms. The number of aliphatic hydroxyl groups excluding tert-OH is 1. The fraction of sp³-hybridized carbons (Fsp3) is 0.300. The molecule has 0 fully saturated rings. The SMILES string of the molecule is CC(O)C(=O)Cc1ccccc1. The van der Waals surface area contributed by atoms with Crippen molar-refractivity contribution in [1.82, 2.24) is 0 Å². The minimum absolute atomic E-state index is 0.138. The lowest BCUT2D eigenvalue weighted by molar-refractivity contribution is -0.125. The molecule has 1 rings (SSSR count). The van der Waals surface area contributed by atoms with Crippen molar-refractivity contribution in [2.45, 2.75) is 19.4 Å². The molecule has 0 radical (unpaired) electrons. The van der Waals surface area contributed by atoms with Gasteiger partial charge in [0.2, 0.25) is 0 Å². The number of ketones is 1. The lowest BCUT2D eigenvalue weighted by Gasteiger charge is -2.02. The Morgan fingerprint density at radius 2 is 2.00 bits per heavy atom. The number of Topliss-reactive ketones (excluding diaryl/α,β-unsaturated/α-hetero) is 1. The zero-order chi connectivity index (χ0) is 8.97. The second kappa shape index (κ2) is 4.02. The summed E-state index contributed by atoms with van der Waals surface area (Å²) >= 11 is 0. The zero-order valence-electron chi connectivity index (χ0n) is 7.03. The molecule has 2 nitrogen and oxygen atoms in total. The summed E-state index contributed by atoms with van der Waals surface area (Å²) in [7, 11) is 0. The molecule has 0 heterocycles. The highest BCUT2D eigenvalue weighted by atomic mass is 16.3. The maximum atomic E-state index is 11.1.